The number of hydrogen-bond acceptors (Lipinski definition) is 3. The Hall–Kier alpha value is -2.11. The second kappa shape index (κ2) is 8.98. The van der Waals surface area contributed by atoms with Crippen molar-refractivity contribution >= 4 is 17.9 Å². The standard InChI is InChI=1S/C12H18N2O4/c1-3-8-14(9-4-2)12(18)13-10(15)6-5-7-11(16)17/h3-4H,1-2,5-9H2,(H,16,17)(H,13,15,18). The van der Waals surface area contributed by atoms with E-state index in [0.717, 1.165) is 0 Å². The van der Waals surface area contributed by atoms with E-state index >= 15 is 0 Å². The molecule has 0 spiro atoms. The average Bonchev–Trinajstić information content (AvgIpc) is 2.28. The predicted octanol–water partition coefficient (Wildman–Crippen LogP) is 1.15. The molecule has 0 unspecified atom stereocenters. The third-order valence-electron chi connectivity index (χ3n) is 2.03. The van der Waals surface area contributed by atoms with Crippen LogP contribution >= 0.6 is 0 Å². The van der Waals surface area contributed by atoms with Crippen molar-refractivity contribution in [2.24, 2.45) is 0 Å². The number of carboxylic acid groups (broad SMARTS) is 1. The highest BCUT2D eigenvalue weighted by Crippen LogP contribution is 1.97. The molecule has 0 radical (unpaired) electrons. The zero-order valence-electron chi connectivity index (χ0n) is 10.2. The molecule has 0 atom stereocenters. The van der Waals surface area contributed by atoms with Crippen LogP contribution in [0.1, 0.15) is 19.3 Å². The van der Waals surface area contributed by atoms with Crippen LogP contribution in [-0.4, -0.2) is 41.0 Å². The van der Waals surface area contributed by atoms with Gasteiger partial charge in [-0.2, -0.15) is 0 Å². The molecule has 0 bridgehead atoms. The topological polar surface area (TPSA) is 86.7 Å². The molecule has 6 nitrogen and oxygen atoms in total. The van der Waals surface area contributed by atoms with Gasteiger partial charge in [0.2, 0.25) is 5.91 Å². The molecule has 0 saturated carbocycles. The lowest BCUT2D eigenvalue weighted by Crippen LogP contribution is -2.43. The van der Waals surface area contributed by atoms with E-state index in [1.54, 1.807) is 0 Å². The van der Waals surface area contributed by atoms with Gasteiger partial charge >= 0.3 is 12.0 Å². The highest BCUT2D eigenvalue weighted by molar-refractivity contribution is 5.94. The van der Waals surface area contributed by atoms with E-state index in [-0.39, 0.29) is 19.3 Å². The fourth-order valence-corrected chi connectivity index (χ4v) is 1.21. The molecule has 6 heteroatoms. The molecule has 0 aromatic heterocycles. The predicted molar refractivity (Wildman–Crippen MR) is 67.0 cm³/mol. The van der Waals surface area contributed by atoms with Crippen LogP contribution in [0.25, 0.3) is 0 Å². The van der Waals surface area contributed by atoms with Gasteiger partial charge < -0.3 is 10.0 Å². The first-order valence-corrected chi connectivity index (χ1v) is 5.53. The lowest BCUT2D eigenvalue weighted by Gasteiger charge is -2.19. The van der Waals surface area contributed by atoms with E-state index < -0.39 is 17.9 Å². The van der Waals surface area contributed by atoms with Gasteiger partial charge in [-0.25, -0.2) is 4.79 Å². The lowest BCUT2D eigenvalue weighted by atomic mass is 10.2. The summed E-state index contributed by atoms with van der Waals surface area (Å²) in [5.74, 6) is -1.45. The van der Waals surface area contributed by atoms with E-state index in [1.165, 1.54) is 17.1 Å². The molecule has 100 valence electrons. The highest BCUT2D eigenvalue weighted by Gasteiger charge is 2.13. The Kier molecular flexibility index (Phi) is 7.92. The van der Waals surface area contributed by atoms with Crippen LogP contribution in [-0.2, 0) is 9.59 Å². The van der Waals surface area contributed by atoms with Crippen molar-refractivity contribution in [1.82, 2.24) is 10.2 Å². The minimum Gasteiger partial charge on any atom is -0.481 e. The number of hydrogen-bond donors (Lipinski definition) is 2. The Morgan fingerprint density at radius 2 is 1.67 bits per heavy atom. The number of carbonyl (C=O) groups is 3. The summed E-state index contributed by atoms with van der Waals surface area (Å²) in [4.78, 5) is 34.6. The van der Waals surface area contributed by atoms with Crippen molar-refractivity contribution in [3.63, 3.8) is 0 Å². The summed E-state index contributed by atoms with van der Waals surface area (Å²) in [5.41, 5.74) is 0. The molecule has 0 aliphatic carbocycles. The van der Waals surface area contributed by atoms with Gasteiger partial charge in [-0.3, -0.25) is 14.9 Å². The van der Waals surface area contributed by atoms with E-state index in [1.807, 2.05) is 0 Å². The number of urea groups is 1. The molecule has 2 N–H and O–H groups in total. The normalized spacial score (nSPS) is 9.33. The Labute approximate surface area is 106 Å². The molecule has 0 saturated heterocycles. The summed E-state index contributed by atoms with van der Waals surface area (Å²) in [5, 5.41) is 10.6. The van der Waals surface area contributed by atoms with Crippen molar-refractivity contribution in [3.8, 4) is 0 Å². The second-order valence-electron chi connectivity index (χ2n) is 3.58. The summed E-state index contributed by atoms with van der Waals surface area (Å²) >= 11 is 0. The first-order chi connectivity index (χ1) is 8.51. The van der Waals surface area contributed by atoms with Crippen LogP contribution in [0.15, 0.2) is 25.3 Å². The quantitative estimate of drug-likeness (QED) is 0.636. The van der Waals surface area contributed by atoms with Crippen LogP contribution in [0.2, 0.25) is 0 Å². The Morgan fingerprint density at radius 3 is 2.11 bits per heavy atom. The SMILES string of the molecule is C=CCN(CC=C)C(=O)NC(=O)CCCC(=O)O. The minimum absolute atomic E-state index is 0.00799. The van der Waals surface area contributed by atoms with E-state index in [9.17, 15) is 14.4 Å². The number of nitrogens with zero attached hydrogens (tertiary/aromatic N) is 1. The van der Waals surface area contributed by atoms with Gasteiger partial charge in [0.25, 0.3) is 0 Å². The molecule has 0 aromatic carbocycles. The molecule has 0 fully saturated rings. The molecule has 0 aromatic rings. The van der Waals surface area contributed by atoms with Crippen LogP contribution in [0.4, 0.5) is 4.79 Å². The van der Waals surface area contributed by atoms with Crippen LogP contribution in [0, 0.1) is 0 Å². The lowest BCUT2D eigenvalue weighted by molar-refractivity contribution is -0.137. The fraction of sp³-hybridized carbons (Fsp3) is 0.417. The second-order valence-corrected chi connectivity index (χ2v) is 3.58. The smallest absolute Gasteiger partial charge is 0.324 e. The van der Waals surface area contributed by atoms with Gasteiger partial charge in [-0.15, -0.1) is 13.2 Å². The van der Waals surface area contributed by atoms with Gasteiger partial charge in [0.1, 0.15) is 0 Å². The zero-order valence-corrected chi connectivity index (χ0v) is 10.2. The molecule has 3 amide bonds. The monoisotopic (exact) mass is 254 g/mol. The molecule has 0 heterocycles. The summed E-state index contributed by atoms with van der Waals surface area (Å²) < 4.78 is 0. The highest BCUT2D eigenvalue weighted by atomic mass is 16.4. The third-order valence-corrected chi connectivity index (χ3v) is 2.03. The number of carboxylic acids is 1. The third kappa shape index (κ3) is 7.21. The Bertz CT molecular complexity index is 329. The Morgan fingerprint density at radius 1 is 1.11 bits per heavy atom. The molecule has 18 heavy (non-hydrogen) atoms. The largest absolute Gasteiger partial charge is 0.481 e. The van der Waals surface area contributed by atoms with Crippen molar-refractivity contribution in [3.05, 3.63) is 25.3 Å². The Balaban J connectivity index is 4.10. The molecule has 0 aliphatic heterocycles. The maximum atomic E-state index is 11.6. The number of imide groups is 1. The van der Waals surface area contributed by atoms with Gasteiger partial charge in [0.05, 0.1) is 0 Å². The summed E-state index contributed by atoms with van der Waals surface area (Å²) in [7, 11) is 0. The van der Waals surface area contributed by atoms with Gasteiger partial charge in [0.15, 0.2) is 0 Å². The maximum Gasteiger partial charge on any atom is 0.324 e. The van der Waals surface area contributed by atoms with E-state index in [4.69, 9.17) is 5.11 Å². The molecule has 0 aliphatic rings. The van der Waals surface area contributed by atoms with Gasteiger partial charge in [0, 0.05) is 25.9 Å². The number of aliphatic carboxylic acids is 1. The van der Waals surface area contributed by atoms with Crippen molar-refractivity contribution in [2.75, 3.05) is 13.1 Å². The number of carbonyl (C=O) groups excluding carboxylic acids is 2. The van der Waals surface area contributed by atoms with Crippen molar-refractivity contribution in [1.29, 1.82) is 0 Å². The number of amides is 3. The maximum absolute atomic E-state index is 11.6. The van der Waals surface area contributed by atoms with Crippen molar-refractivity contribution in [2.45, 2.75) is 19.3 Å². The van der Waals surface area contributed by atoms with Crippen molar-refractivity contribution < 1.29 is 19.5 Å². The zero-order chi connectivity index (χ0) is 14.0. The van der Waals surface area contributed by atoms with Crippen LogP contribution in [0.5, 0.6) is 0 Å². The number of rotatable bonds is 8. The summed E-state index contributed by atoms with van der Waals surface area (Å²) in [6.07, 6.45) is 3.20. The summed E-state index contributed by atoms with van der Waals surface area (Å²) in [6, 6.07) is -0.532. The molecule has 0 rings (SSSR count). The fourth-order valence-electron chi connectivity index (χ4n) is 1.21. The average molecular weight is 254 g/mol. The first kappa shape index (κ1) is 15.9. The molecular weight excluding hydrogens is 236 g/mol. The molecular formula is C12H18N2O4. The van der Waals surface area contributed by atoms with E-state index in [0.29, 0.717) is 13.1 Å². The van der Waals surface area contributed by atoms with E-state index in [2.05, 4.69) is 18.5 Å². The summed E-state index contributed by atoms with van der Waals surface area (Å²) in [6.45, 7) is 7.63. The van der Waals surface area contributed by atoms with Gasteiger partial charge in [-0.1, -0.05) is 12.2 Å². The minimum atomic E-state index is -0.964. The van der Waals surface area contributed by atoms with Crippen LogP contribution < -0.4 is 5.32 Å². The van der Waals surface area contributed by atoms with Crippen LogP contribution in [0.3, 0.4) is 0 Å². The first-order valence-electron chi connectivity index (χ1n) is 5.53. The number of nitrogens with one attached hydrogen (secondary N) is 1. The van der Waals surface area contributed by atoms with Gasteiger partial charge in [-0.05, 0) is 6.42 Å².